The number of imide groups is 1. The number of aromatic nitrogens is 1. The fourth-order valence-electron chi connectivity index (χ4n) is 3.07. The molecular formula is C14H19N3O2S. The zero-order chi connectivity index (χ0) is 14.1. The minimum Gasteiger partial charge on any atom is -0.300 e. The molecule has 2 aliphatic rings. The molecule has 1 aromatic heterocycles. The highest BCUT2D eigenvalue weighted by Gasteiger charge is 2.42. The molecule has 0 aromatic carbocycles. The van der Waals surface area contributed by atoms with E-state index in [0.717, 1.165) is 35.6 Å². The first-order valence-corrected chi connectivity index (χ1v) is 7.97. The van der Waals surface area contributed by atoms with E-state index < -0.39 is 0 Å². The van der Waals surface area contributed by atoms with Crippen molar-refractivity contribution in [3.8, 4) is 0 Å². The molecule has 0 bridgehead atoms. The van der Waals surface area contributed by atoms with Crippen LogP contribution < -0.4 is 5.32 Å². The molecule has 6 heteroatoms. The third-order valence-electron chi connectivity index (χ3n) is 4.06. The fraction of sp³-hybridized carbons (Fsp3) is 0.643. The number of aryl methyl sites for hydroxylation is 1. The number of rotatable bonds is 4. The molecule has 1 aliphatic heterocycles. The Morgan fingerprint density at radius 2 is 2.15 bits per heavy atom. The summed E-state index contributed by atoms with van der Waals surface area (Å²) in [6, 6.07) is -0.210. The number of hydrogen-bond acceptors (Lipinski definition) is 5. The maximum atomic E-state index is 12.4. The summed E-state index contributed by atoms with van der Waals surface area (Å²) >= 11 is 1.62. The summed E-state index contributed by atoms with van der Waals surface area (Å²) in [4.78, 5) is 31.2. The van der Waals surface area contributed by atoms with Crippen LogP contribution in [0.5, 0.6) is 0 Å². The highest BCUT2D eigenvalue weighted by atomic mass is 32.1. The van der Waals surface area contributed by atoms with E-state index in [2.05, 4.69) is 10.3 Å². The summed E-state index contributed by atoms with van der Waals surface area (Å²) in [6.07, 6.45) is 6.31. The molecular weight excluding hydrogens is 274 g/mol. The number of likely N-dealkylation sites (tertiary alicyclic amines) is 1. The van der Waals surface area contributed by atoms with E-state index in [1.54, 1.807) is 11.3 Å². The van der Waals surface area contributed by atoms with Gasteiger partial charge in [0.25, 0.3) is 0 Å². The lowest BCUT2D eigenvalue weighted by molar-refractivity contribution is -0.141. The molecule has 0 radical (unpaired) electrons. The monoisotopic (exact) mass is 293 g/mol. The molecule has 1 aliphatic carbocycles. The minimum absolute atomic E-state index is 0.0140. The molecule has 2 fully saturated rings. The van der Waals surface area contributed by atoms with Crippen LogP contribution in [0.2, 0.25) is 0 Å². The summed E-state index contributed by atoms with van der Waals surface area (Å²) in [5, 5.41) is 4.22. The predicted molar refractivity (Wildman–Crippen MR) is 76.2 cm³/mol. The number of nitrogens with zero attached hydrogens (tertiary/aromatic N) is 2. The van der Waals surface area contributed by atoms with Crippen LogP contribution in [-0.4, -0.2) is 33.8 Å². The first-order chi connectivity index (χ1) is 9.65. The van der Waals surface area contributed by atoms with E-state index in [0.29, 0.717) is 13.0 Å². The van der Waals surface area contributed by atoms with Crippen LogP contribution in [0.1, 0.15) is 42.0 Å². The summed E-state index contributed by atoms with van der Waals surface area (Å²) < 4.78 is 0. The van der Waals surface area contributed by atoms with Crippen LogP contribution in [0.25, 0.3) is 0 Å². The summed E-state index contributed by atoms with van der Waals surface area (Å²) in [5.74, 6) is -0.0528. The molecule has 3 rings (SSSR count). The van der Waals surface area contributed by atoms with Gasteiger partial charge in [0, 0.05) is 23.7 Å². The van der Waals surface area contributed by atoms with Gasteiger partial charge in [-0.2, -0.15) is 0 Å². The van der Waals surface area contributed by atoms with Crippen LogP contribution in [0.3, 0.4) is 0 Å². The average molecular weight is 293 g/mol. The highest BCUT2D eigenvalue weighted by Crippen LogP contribution is 2.28. The molecule has 5 nitrogen and oxygen atoms in total. The van der Waals surface area contributed by atoms with E-state index >= 15 is 0 Å². The van der Waals surface area contributed by atoms with Gasteiger partial charge in [-0.15, -0.1) is 11.3 Å². The lowest BCUT2D eigenvalue weighted by Gasteiger charge is -2.22. The van der Waals surface area contributed by atoms with Crippen molar-refractivity contribution in [1.82, 2.24) is 15.2 Å². The van der Waals surface area contributed by atoms with Crippen molar-refractivity contribution in [2.45, 2.75) is 57.7 Å². The highest BCUT2D eigenvalue weighted by molar-refractivity contribution is 7.11. The van der Waals surface area contributed by atoms with Gasteiger partial charge >= 0.3 is 0 Å². The molecule has 2 amide bonds. The molecule has 108 valence electrons. The van der Waals surface area contributed by atoms with E-state index in [1.165, 1.54) is 4.90 Å². The summed E-state index contributed by atoms with van der Waals surface area (Å²) in [6.45, 7) is 2.56. The van der Waals surface area contributed by atoms with Crippen molar-refractivity contribution in [2.75, 3.05) is 0 Å². The molecule has 0 spiro atoms. The lowest BCUT2D eigenvalue weighted by atomic mass is 10.2. The lowest BCUT2D eigenvalue weighted by Crippen LogP contribution is -2.42. The first kappa shape index (κ1) is 13.7. The Bertz CT molecular complexity index is 522. The Morgan fingerprint density at radius 1 is 1.40 bits per heavy atom. The van der Waals surface area contributed by atoms with E-state index in [-0.39, 0.29) is 23.9 Å². The number of thiazole rings is 1. The maximum Gasteiger partial charge on any atom is 0.247 e. The van der Waals surface area contributed by atoms with Crippen molar-refractivity contribution in [3.05, 3.63) is 16.1 Å². The van der Waals surface area contributed by atoms with Crippen molar-refractivity contribution in [2.24, 2.45) is 0 Å². The molecule has 1 saturated heterocycles. The Labute approximate surface area is 122 Å². The molecule has 2 heterocycles. The topological polar surface area (TPSA) is 62.3 Å². The van der Waals surface area contributed by atoms with Crippen molar-refractivity contribution in [1.29, 1.82) is 0 Å². The molecule has 1 atom stereocenters. The van der Waals surface area contributed by atoms with Gasteiger partial charge in [-0.1, -0.05) is 12.8 Å². The van der Waals surface area contributed by atoms with Crippen molar-refractivity contribution < 1.29 is 9.59 Å². The van der Waals surface area contributed by atoms with Crippen LogP contribution in [-0.2, 0) is 16.1 Å². The van der Waals surface area contributed by atoms with E-state index in [1.807, 2.05) is 13.1 Å². The Kier molecular flexibility index (Phi) is 3.85. The standard InChI is InChI=1S/C14H19N3O2S/c1-9-15-7-11(20-9)8-16-12-6-13(18)17(14(12)19)10-4-2-3-5-10/h7,10,12,16H,2-6,8H2,1H3. The van der Waals surface area contributed by atoms with E-state index in [9.17, 15) is 9.59 Å². The second-order valence-electron chi connectivity index (χ2n) is 5.52. The smallest absolute Gasteiger partial charge is 0.247 e. The number of amides is 2. The van der Waals surface area contributed by atoms with Crippen molar-refractivity contribution in [3.63, 3.8) is 0 Å². The second-order valence-corrected chi connectivity index (χ2v) is 6.84. The van der Waals surface area contributed by atoms with Gasteiger partial charge in [0.05, 0.1) is 17.5 Å². The predicted octanol–water partition coefficient (Wildman–Crippen LogP) is 1.61. The average Bonchev–Trinajstić information content (AvgIpc) is 3.10. The van der Waals surface area contributed by atoms with Gasteiger partial charge in [0.2, 0.25) is 11.8 Å². The largest absolute Gasteiger partial charge is 0.300 e. The molecule has 1 aromatic rings. The van der Waals surface area contributed by atoms with Gasteiger partial charge in [0.15, 0.2) is 0 Å². The Hall–Kier alpha value is -1.27. The zero-order valence-electron chi connectivity index (χ0n) is 11.6. The van der Waals surface area contributed by atoms with Crippen molar-refractivity contribution >= 4 is 23.2 Å². The van der Waals surface area contributed by atoms with Gasteiger partial charge in [-0.05, 0) is 19.8 Å². The first-order valence-electron chi connectivity index (χ1n) is 7.16. The summed E-state index contributed by atoms with van der Waals surface area (Å²) in [5.41, 5.74) is 0. The number of carbonyl (C=O) groups is 2. The molecule has 1 N–H and O–H groups in total. The van der Waals surface area contributed by atoms with Crippen LogP contribution >= 0.6 is 11.3 Å². The third-order valence-corrected chi connectivity index (χ3v) is 4.98. The molecule has 20 heavy (non-hydrogen) atoms. The van der Waals surface area contributed by atoms with Crippen LogP contribution in [0.15, 0.2) is 6.20 Å². The number of carbonyl (C=O) groups excluding carboxylic acids is 2. The van der Waals surface area contributed by atoms with Gasteiger partial charge in [-0.25, -0.2) is 4.98 Å². The van der Waals surface area contributed by atoms with Gasteiger partial charge in [-0.3, -0.25) is 14.5 Å². The van der Waals surface area contributed by atoms with Crippen LogP contribution in [0.4, 0.5) is 0 Å². The SMILES string of the molecule is Cc1ncc(CNC2CC(=O)N(C3CCCC3)C2=O)s1. The molecule has 1 saturated carbocycles. The fourth-order valence-corrected chi connectivity index (χ4v) is 3.81. The van der Waals surface area contributed by atoms with Gasteiger partial charge in [0.1, 0.15) is 0 Å². The van der Waals surface area contributed by atoms with Gasteiger partial charge < -0.3 is 5.32 Å². The zero-order valence-corrected chi connectivity index (χ0v) is 12.4. The van der Waals surface area contributed by atoms with Crippen LogP contribution in [0, 0.1) is 6.92 Å². The third kappa shape index (κ3) is 2.62. The normalized spacial score (nSPS) is 24.1. The summed E-state index contributed by atoms with van der Waals surface area (Å²) in [7, 11) is 0. The Morgan fingerprint density at radius 3 is 2.80 bits per heavy atom. The second kappa shape index (κ2) is 5.61. The minimum atomic E-state index is -0.356. The van der Waals surface area contributed by atoms with E-state index in [4.69, 9.17) is 0 Å². The number of nitrogens with one attached hydrogen (secondary N) is 1. The molecule has 1 unspecified atom stereocenters. The Balaban J connectivity index is 1.60. The number of hydrogen-bond donors (Lipinski definition) is 1. The maximum absolute atomic E-state index is 12.4. The quantitative estimate of drug-likeness (QED) is 0.857.